The molecule has 0 aliphatic heterocycles. The van der Waals surface area contributed by atoms with Crippen molar-refractivity contribution in [3.05, 3.63) is 29.8 Å². The van der Waals surface area contributed by atoms with Crippen molar-refractivity contribution in [1.82, 2.24) is 16.2 Å². The molecule has 2 amide bonds. The molecule has 0 heterocycles. The number of rotatable bonds is 7. The highest BCUT2D eigenvalue weighted by Gasteiger charge is 2.07. The van der Waals surface area contributed by atoms with Crippen molar-refractivity contribution < 1.29 is 14.3 Å². The monoisotopic (exact) mass is 352 g/mol. The standard InChI is InChI=1S/C16H24N4O3S/c1-3-5-6-11-17-15(24)20-19-14(21)12-7-9-13(10-8-12)18-16(22)23-4-2/h7-10H,3-6,11H2,1-2H3,(H,18,22)(H,19,21)(H2,17,20,24). The fourth-order valence-electron chi connectivity index (χ4n) is 1.80. The molecule has 0 aliphatic rings. The minimum absolute atomic E-state index is 0.296. The summed E-state index contributed by atoms with van der Waals surface area (Å²) in [6, 6.07) is 6.42. The fourth-order valence-corrected chi connectivity index (χ4v) is 1.95. The van der Waals surface area contributed by atoms with Gasteiger partial charge in [0, 0.05) is 17.8 Å². The van der Waals surface area contributed by atoms with Gasteiger partial charge in [-0.05, 0) is 49.8 Å². The van der Waals surface area contributed by atoms with Crippen LogP contribution in [0.15, 0.2) is 24.3 Å². The number of amides is 2. The Morgan fingerprint density at radius 2 is 1.79 bits per heavy atom. The molecule has 0 atom stereocenters. The van der Waals surface area contributed by atoms with Gasteiger partial charge in [-0.2, -0.15) is 0 Å². The average molecular weight is 352 g/mol. The summed E-state index contributed by atoms with van der Waals surface area (Å²) in [5.74, 6) is -0.324. The molecular weight excluding hydrogens is 328 g/mol. The van der Waals surface area contributed by atoms with Crippen LogP contribution in [0.4, 0.5) is 10.5 Å². The second-order valence-electron chi connectivity index (χ2n) is 4.96. The van der Waals surface area contributed by atoms with Crippen molar-refractivity contribution in [1.29, 1.82) is 0 Å². The van der Waals surface area contributed by atoms with Crippen LogP contribution in [0.5, 0.6) is 0 Å². The number of ether oxygens (including phenoxy) is 1. The van der Waals surface area contributed by atoms with E-state index in [1.807, 2.05) is 0 Å². The van der Waals surface area contributed by atoms with Crippen LogP contribution in [0.1, 0.15) is 43.5 Å². The lowest BCUT2D eigenvalue weighted by molar-refractivity contribution is 0.0943. The number of hydrogen-bond acceptors (Lipinski definition) is 4. The molecule has 1 aromatic rings. The van der Waals surface area contributed by atoms with Crippen LogP contribution in [0, 0.1) is 0 Å². The van der Waals surface area contributed by atoms with Gasteiger partial charge in [-0.25, -0.2) is 4.79 Å². The van der Waals surface area contributed by atoms with Gasteiger partial charge in [0.1, 0.15) is 0 Å². The van der Waals surface area contributed by atoms with Gasteiger partial charge in [-0.3, -0.25) is 21.0 Å². The van der Waals surface area contributed by atoms with E-state index in [-0.39, 0.29) is 5.91 Å². The van der Waals surface area contributed by atoms with Crippen LogP contribution in [-0.2, 0) is 4.74 Å². The summed E-state index contributed by atoms with van der Waals surface area (Å²) in [7, 11) is 0. The molecule has 1 rings (SSSR count). The van der Waals surface area contributed by atoms with Gasteiger partial charge in [0.15, 0.2) is 5.11 Å². The number of hydrazine groups is 1. The number of benzene rings is 1. The van der Waals surface area contributed by atoms with Gasteiger partial charge in [0.05, 0.1) is 6.61 Å². The molecule has 0 fully saturated rings. The smallest absolute Gasteiger partial charge is 0.411 e. The third-order valence-corrected chi connectivity index (χ3v) is 3.27. The maximum absolute atomic E-state index is 12.0. The maximum atomic E-state index is 12.0. The molecule has 7 nitrogen and oxygen atoms in total. The van der Waals surface area contributed by atoms with Gasteiger partial charge in [0.25, 0.3) is 5.91 Å². The van der Waals surface area contributed by atoms with Crippen molar-refractivity contribution in [3.8, 4) is 0 Å². The molecule has 1 aromatic carbocycles. The number of carbonyl (C=O) groups excluding carboxylic acids is 2. The third-order valence-electron chi connectivity index (χ3n) is 3.02. The zero-order valence-electron chi connectivity index (χ0n) is 14.0. The highest BCUT2D eigenvalue weighted by Crippen LogP contribution is 2.09. The highest BCUT2D eigenvalue weighted by atomic mass is 32.1. The number of nitrogens with one attached hydrogen (secondary N) is 4. The molecule has 0 unspecified atom stereocenters. The lowest BCUT2D eigenvalue weighted by atomic mass is 10.2. The third kappa shape index (κ3) is 7.77. The molecule has 24 heavy (non-hydrogen) atoms. The Morgan fingerprint density at radius 1 is 1.08 bits per heavy atom. The molecule has 4 N–H and O–H groups in total. The molecular formula is C16H24N4O3S. The van der Waals surface area contributed by atoms with Gasteiger partial charge in [0.2, 0.25) is 0 Å². The number of carbonyl (C=O) groups is 2. The number of unbranched alkanes of at least 4 members (excludes halogenated alkanes) is 2. The zero-order chi connectivity index (χ0) is 17.8. The maximum Gasteiger partial charge on any atom is 0.411 e. The molecule has 132 valence electrons. The van der Waals surface area contributed by atoms with Gasteiger partial charge >= 0.3 is 6.09 Å². The number of thiocarbonyl (C=S) groups is 1. The van der Waals surface area contributed by atoms with Crippen LogP contribution in [0.2, 0.25) is 0 Å². The molecule has 0 aromatic heterocycles. The first-order valence-electron chi connectivity index (χ1n) is 7.94. The largest absolute Gasteiger partial charge is 0.450 e. The Bertz CT molecular complexity index is 549. The average Bonchev–Trinajstić information content (AvgIpc) is 2.57. The molecule has 0 saturated carbocycles. The summed E-state index contributed by atoms with van der Waals surface area (Å²) in [6.45, 7) is 4.92. The first kappa shape index (κ1) is 19.7. The Hall–Kier alpha value is -2.35. The van der Waals surface area contributed by atoms with E-state index in [0.717, 1.165) is 25.8 Å². The minimum Gasteiger partial charge on any atom is -0.450 e. The van der Waals surface area contributed by atoms with Gasteiger partial charge in [-0.1, -0.05) is 19.8 Å². The minimum atomic E-state index is -0.532. The quantitative estimate of drug-likeness (QED) is 0.342. The van der Waals surface area contributed by atoms with Gasteiger partial charge < -0.3 is 10.1 Å². The topological polar surface area (TPSA) is 91.5 Å². The van der Waals surface area contributed by atoms with Crippen LogP contribution in [0.3, 0.4) is 0 Å². The predicted octanol–water partition coefficient (Wildman–Crippen LogP) is 2.55. The molecule has 0 bridgehead atoms. The van der Waals surface area contributed by atoms with E-state index >= 15 is 0 Å². The summed E-state index contributed by atoms with van der Waals surface area (Å²) in [5, 5.41) is 5.94. The van der Waals surface area contributed by atoms with E-state index in [9.17, 15) is 9.59 Å². The van der Waals surface area contributed by atoms with Gasteiger partial charge in [-0.15, -0.1) is 0 Å². The van der Waals surface area contributed by atoms with Crippen molar-refractivity contribution in [2.45, 2.75) is 33.1 Å². The Balaban J connectivity index is 2.37. The summed E-state index contributed by atoms with van der Waals surface area (Å²) < 4.78 is 4.78. The van der Waals surface area contributed by atoms with Crippen LogP contribution >= 0.6 is 12.2 Å². The first-order chi connectivity index (χ1) is 11.6. The van der Waals surface area contributed by atoms with E-state index in [1.165, 1.54) is 0 Å². The fraction of sp³-hybridized carbons (Fsp3) is 0.438. The van der Waals surface area contributed by atoms with E-state index in [1.54, 1.807) is 31.2 Å². The summed E-state index contributed by atoms with van der Waals surface area (Å²) in [6.07, 6.45) is 2.77. The number of anilines is 1. The molecule has 0 saturated heterocycles. The summed E-state index contributed by atoms with van der Waals surface area (Å²) in [5.41, 5.74) is 6.15. The van der Waals surface area contributed by atoms with Crippen molar-refractivity contribution in [2.75, 3.05) is 18.5 Å². The second-order valence-corrected chi connectivity index (χ2v) is 5.37. The molecule has 0 aliphatic carbocycles. The van der Waals surface area contributed by atoms with Crippen LogP contribution < -0.4 is 21.5 Å². The van der Waals surface area contributed by atoms with Crippen LogP contribution in [0.25, 0.3) is 0 Å². The molecule has 0 radical (unpaired) electrons. The van der Waals surface area contributed by atoms with Crippen molar-refractivity contribution >= 4 is 35.0 Å². The van der Waals surface area contributed by atoms with E-state index < -0.39 is 6.09 Å². The second kappa shape index (κ2) is 11.2. The summed E-state index contributed by atoms with van der Waals surface area (Å²) in [4.78, 5) is 23.3. The zero-order valence-corrected chi connectivity index (χ0v) is 14.8. The molecule has 8 heteroatoms. The van der Waals surface area contributed by atoms with E-state index in [4.69, 9.17) is 17.0 Å². The van der Waals surface area contributed by atoms with Crippen molar-refractivity contribution in [2.24, 2.45) is 0 Å². The number of hydrogen-bond donors (Lipinski definition) is 4. The lowest BCUT2D eigenvalue weighted by Crippen LogP contribution is -2.46. The first-order valence-corrected chi connectivity index (χ1v) is 8.35. The Kier molecular flexibility index (Phi) is 9.21. The van der Waals surface area contributed by atoms with Crippen LogP contribution in [-0.4, -0.2) is 30.3 Å². The van der Waals surface area contributed by atoms with E-state index in [2.05, 4.69) is 28.4 Å². The normalized spacial score (nSPS) is 9.75. The van der Waals surface area contributed by atoms with Crippen molar-refractivity contribution in [3.63, 3.8) is 0 Å². The molecule has 0 spiro atoms. The summed E-state index contributed by atoms with van der Waals surface area (Å²) >= 11 is 5.07. The predicted molar refractivity (Wildman–Crippen MR) is 97.8 cm³/mol. The Labute approximate surface area is 147 Å². The SMILES string of the molecule is CCCCCNC(=S)NNC(=O)c1ccc(NC(=O)OCC)cc1. The lowest BCUT2D eigenvalue weighted by Gasteiger charge is -2.11. The highest BCUT2D eigenvalue weighted by molar-refractivity contribution is 7.80. The Morgan fingerprint density at radius 3 is 2.42 bits per heavy atom. The van der Waals surface area contributed by atoms with E-state index in [0.29, 0.717) is 23.0 Å².